The smallest absolute Gasteiger partial charge is 0.178 e. The fourth-order valence-electron chi connectivity index (χ4n) is 2.36. The second-order valence-corrected chi connectivity index (χ2v) is 8.63. The predicted molar refractivity (Wildman–Crippen MR) is 103 cm³/mol. The number of hydrogen-bond acceptors (Lipinski definition) is 4. The third-order valence-electron chi connectivity index (χ3n) is 3.83. The third-order valence-corrected chi connectivity index (χ3v) is 6.49. The summed E-state index contributed by atoms with van der Waals surface area (Å²) < 4.78 is 30.6. The average molecular weight is 402 g/mol. The minimum atomic E-state index is -3.30. The van der Waals surface area contributed by atoms with Gasteiger partial charge in [-0.1, -0.05) is 30.1 Å². The predicted octanol–water partition coefficient (Wildman–Crippen LogP) is 5.25. The molecule has 0 saturated heterocycles. The number of nitrogens with one attached hydrogen (secondary N) is 1. The summed E-state index contributed by atoms with van der Waals surface area (Å²) in [6.45, 7) is 3.78. The van der Waals surface area contributed by atoms with Gasteiger partial charge < -0.3 is 10.1 Å². The van der Waals surface area contributed by atoms with Crippen LogP contribution in [0.1, 0.15) is 31.9 Å². The molecule has 25 heavy (non-hydrogen) atoms. The van der Waals surface area contributed by atoms with Crippen LogP contribution in [0, 0.1) is 0 Å². The van der Waals surface area contributed by atoms with Gasteiger partial charge in [-0.2, -0.15) is 0 Å². The van der Waals surface area contributed by atoms with E-state index < -0.39 is 9.84 Å². The zero-order valence-corrected chi connectivity index (χ0v) is 16.7. The Kier molecular flexibility index (Phi) is 6.74. The molecule has 0 bridgehead atoms. The van der Waals surface area contributed by atoms with E-state index in [1.807, 2.05) is 13.8 Å². The van der Waals surface area contributed by atoms with Crippen LogP contribution in [0.4, 0.5) is 0 Å². The van der Waals surface area contributed by atoms with Gasteiger partial charge in [0.25, 0.3) is 0 Å². The standard InChI is InChI=1S/C18H21Cl2NO3S/c1-4-9-25(22,23)14-6-8-18(15(11-14)12(2)21-3)24-13-5-7-16(19)17(20)10-13/h5-8,10-12,21H,4,9H2,1-3H3. The highest BCUT2D eigenvalue weighted by molar-refractivity contribution is 7.91. The number of hydrogen-bond donors (Lipinski definition) is 1. The van der Waals surface area contributed by atoms with E-state index in [4.69, 9.17) is 27.9 Å². The molecule has 0 amide bonds. The summed E-state index contributed by atoms with van der Waals surface area (Å²) in [5.41, 5.74) is 0.755. The van der Waals surface area contributed by atoms with E-state index in [9.17, 15) is 8.42 Å². The summed E-state index contributed by atoms with van der Waals surface area (Å²) in [5, 5.41) is 3.95. The molecule has 0 aliphatic rings. The summed E-state index contributed by atoms with van der Waals surface area (Å²) in [4.78, 5) is 0.299. The van der Waals surface area contributed by atoms with Crippen molar-refractivity contribution in [2.24, 2.45) is 0 Å². The first-order chi connectivity index (χ1) is 11.8. The fraction of sp³-hybridized carbons (Fsp3) is 0.333. The lowest BCUT2D eigenvalue weighted by Crippen LogP contribution is -2.15. The van der Waals surface area contributed by atoms with Crippen LogP contribution in [0.15, 0.2) is 41.3 Å². The van der Waals surface area contributed by atoms with Crippen molar-refractivity contribution in [2.45, 2.75) is 31.2 Å². The van der Waals surface area contributed by atoms with Crippen LogP contribution >= 0.6 is 23.2 Å². The van der Waals surface area contributed by atoms with Crippen molar-refractivity contribution in [1.29, 1.82) is 0 Å². The molecule has 136 valence electrons. The molecule has 4 nitrogen and oxygen atoms in total. The second-order valence-electron chi connectivity index (χ2n) is 5.71. The quantitative estimate of drug-likeness (QED) is 0.687. The monoisotopic (exact) mass is 401 g/mol. The van der Waals surface area contributed by atoms with E-state index in [2.05, 4.69) is 5.32 Å². The Bertz CT molecular complexity index is 853. The van der Waals surface area contributed by atoms with Gasteiger partial charge in [0.15, 0.2) is 9.84 Å². The fourth-order valence-corrected chi connectivity index (χ4v) is 4.00. The van der Waals surface area contributed by atoms with Crippen LogP contribution in [-0.4, -0.2) is 21.2 Å². The Balaban J connectivity index is 2.45. The van der Waals surface area contributed by atoms with E-state index in [0.29, 0.717) is 32.9 Å². The summed E-state index contributed by atoms with van der Waals surface area (Å²) in [7, 11) is -1.49. The Hall–Kier alpha value is -1.27. The minimum Gasteiger partial charge on any atom is -0.457 e. The molecule has 2 aromatic rings. The van der Waals surface area contributed by atoms with Crippen molar-refractivity contribution in [3.63, 3.8) is 0 Å². The molecule has 0 fully saturated rings. The summed E-state index contributed by atoms with van der Waals surface area (Å²) >= 11 is 12.0. The van der Waals surface area contributed by atoms with E-state index in [1.165, 1.54) is 0 Å². The van der Waals surface area contributed by atoms with Gasteiger partial charge >= 0.3 is 0 Å². The van der Waals surface area contributed by atoms with Crippen LogP contribution in [-0.2, 0) is 9.84 Å². The molecule has 0 saturated carbocycles. The number of benzene rings is 2. The Morgan fingerprint density at radius 2 is 1.84 bits per heavy atom. The molecule has 0 aliphatic carbocycles. The second kappa shape index (κ2) is 8.41. The zero-order chi connectivity index (χ0) is 18.6. The lowest BCUT2D eigenvalue weighted by atomic mass is 10.1. The van der Waals surface area contributed by atoms with Crippen LogP contribution in [0.5, 0.6) is 11.5 Å². The first-order valence-electron chi connectivity index (χ1n) is 7.95. The number of ether oxygens (including phenoxy) is 1. The minimum absolute atomic E-state index is 0.0884. The molecule has 0 aliphatic heterocycles. The first kappa shape index (κ1) is 20.0. The van der Waals surface area contributed by atoms with Gasteiger partial charge in [0.2, 0.25) is 0 Å². The van der Waals surface area contributed by atoms with E-state index in [-0.39, 0.29) is 11.8 Å². The molecular formula is C18H21Cl2NO3S. The molecule has 2 aromatic carbocycles. The van der Waals surface area contributed by atoms with Crippen LogP contribution in [0.3, 0.4) is 0 Å². The van der Waals surface area contributed by atoms with E-state index >= 15 is 0 Å². The Morgan fingerprint density at radius 3 is 2.44 bits per heavy atom. The normalized spacial score (nSPS) is 12.8. The SMILES string of the molecule is CCCS(=O)(=O)c1ccc(Oc2ccc(Cl)c(Cl)c2)c(C(C)NC)c1. The molecule has 1 atom stereocenters. The zero-order valence-electron chi connectivity index (χ0n) is 14.3. The lowest BCUT2D eigenvalue weighted by molar-refractivity contribution is 0.465. The lowest BCUT2D eigenvalue weighted by Gasteiger charge is -2.18. The largest absolute Gasteiger partial charge is 0.457 e. The van der Waals surface area contributed by atoms with Gasteiger partial charge in [0, 0.05) is 17.7 Å². The molecular weight excluding hydrogens is 381 g/mol. The number of sulfone groups is 1. The topological polar surface area (TPSA) is 55.4 Å². The summed E-state index contributed by atoms with van der Waals surface area (Å²) in [6.07, 6.45) is 0.570. The maximum absolute atomic E-state index is 12.4. The van der Waals surface area contributed by atoms with Crippen molar-refractivity contribution in [3.8, 4) is 11.5 Å². The highest BCUT2D eigenvalue weighted by atomic mass is 35.5. The average Bonchev–Trinajstić information content (AvgIpc) is 2.57. The number of halogens is 2. The number of rotatable bonds is 7. The maximum atomic E-state index is 12.4. The van der Waals surface area contributed by atoms with E-state index in [1.54, 1.807) is 43.4 Å². The Morgan fingerprint density at radius 1 is 1.12 bits per heavy atom. The molecule has 0 radical (unpaired) electrons. The summed E-state index contributed by atoms with van der Waals surface area (Å²) in [5.74, 6) is 1.21. The van der Waals surface area contributed by atoms with Crippen molar-refractivity contribution < 1.29 is 13.2 Å². The summed E-state index contributed by atoms with van der Waals surface area (Å²) in [6, 6.07) is 9.82. The maximum Gasteiger partial charge on any atom is 0.178 e. The van der Waals surface area contributed by atoms with Gasteiger partial charge in [-0.15, -0.1) is 0 Å². The third kappa shape index (κ3) is 4.88. The van der Waals surface area contributed by atoms with Crippen molar-refractivity contribution in [2.75, 3.05) is 12.8 Å². The van der Waals surface area contributed by atoms with Crippen molar-refractivity contribution >= 4 is 33.0 Å². The first-order valence-corrected chi connectivity index (χ1v) is 10.4. The highest BCUT2D eigenvalue weighted by Crippen LogP contribution is 2.34. The molecule has 0 heterocycles. The van der Waals surface area contributed by atoms with Gasteiger partial charge in [0.1, 0.15) is 11.5 Å². The van der Waals surface area contributed by atoms with Crippen LogP contribution < -0.4 is 10.1 Å². The van der Waals surface area contributed by atoms with Crippen LogP contribution in [0.25, 0.3) is 0 Å². The molecule has 1 unspecified atom stereocenters. The highest BCUT2D eigenvalue weighted by Gasteiger charge is 2.19. The Labute approximate surface area is 159 Å². The van der Waals surface area contributed by atoms with Crippen molar-refractivity contribution in [1.82, 2.24) is 5.32 Å². The molecule has 0 aromatic heterocycles. The van der Waals surface area contributed by atoms with Gasteiger partial charge in [-0.25, -0.2) is 8.42 Å². The van der Waals surface area contributed by atoms with Gasteiger partial charge in [-0.3, -0.25) is 0 Å². The molecule has 2 rings (SSSR count). The van der Waals surface area contributed by atoms with Gasteiger partial charge in [0.05, 0.1) is 20.7 Å². The van der Waals surface area contributed by atoms with Gasteiger partial charge in [-0.05, 0) is 50.7 Å². The molecule has 7 heteroatoms. The molecule has 1 N–H and O–H groups in total. The van der Waals surface area contributed by atoms with Crippen molar-refractivity contribution in [3.05, 3.63) is 52.0 Å². The van der Waals surface area contributed by atoms with Crippen LogP contribution in [0.2, 0.25) is 10.0 Å². The van der Waals surface area contributed by atoms with E-state index in [0.717, 1.165) is 5.56 Å². The molecule has 0 spiro atoms.